The summed E-state index contributed by atoms with van der Waals surface area (Å²) in [6, 6.07) is 12.6. The Bertz CT molecular complexity index is 1060. The van der Waals surface area contributed by atoms with Crippen LogP contribution in [0.2, 0.25) is 0 Å². The maximum atomic E-state index is 12.1. The SMILES string of the molecule is CS(=O)(=O)c1ccc2nc(NC(=O)CCSc3ccccc3Br)sc2c1. The summed E-state index contributed by atoms with van der Waals surface area (Å²) in [5, 5.41) is 3.26. The molecule has 0 atom stereocenters. The van der Waals surface area contributed by atoms with Gasteiger partial charge in [-0.15, -0.1) is 11.8 Å². The molecule has 5 nitrogen and oxygen atoms in total. The Kier molecular flexibility index (Phi) is 6.01. The second-order valence-corrected chi connectivity index (χ2v) is 10.5. The summed E-state index contributed by atoms with van der Waals surface area (Å²) in [5.74, 6) is 0.532. The fourth-order valence-electron chi connectivity index (χ4n) is 2.19. The largest absolute Gasteiger partial charge is 0.302 e. The number of nitrogens with zero attached hydrogens (tertiary/aromatic N) is 1. The highest BCUT2D eigenvalue weighted by Crippen LogP contribution is 2.29. The number of thiazole rings is 1. The number of carbonyl (C=O) groups is 1. The minimum absolute atomic E-state index is 0.119. The Morgan fingerprint density at radius 1 is 1.27 bits per heavy atom. The van der Waals surface area contributed by atoms with Crippen molar-refractivity contribution in [2.45, 2.75) is 16.2 Å². The minimum Gasteiger partial charge on any atom is -0.302 e. The van der Waals surface area contributed by atoms with Crippen LogP contribution in [0.3, 0.4) is 0 Å². The van der Waals surface area contributed by atoms with Gasteiger partial charge < -0.3 is 5.32 Å². The number of rotatable bonds is 6. The molecule has 0 spiro atoms. The Hall–Kier alpha value is -1.42. The van der Waals surface area contributed by atoms with E-state index in [1.165, 1.54) is 23.7 Å². The Labute approximate surface area is 168 Å². The smallest absolute Gasteiger partial charge is 0.226 e. The first-order valence-corrected chi connectivity index (χ1v) is 12.1. The van der Waals surface area contributed by atoms with E-state index in [4.69, 9.17) is 0 Å². The zero-order chi connectivity index (χ0) is 18.7. The van der Waals surface area contributed by atoms with Crippen molar-refractivity contribution in [1.29, 1.82) is 0 Å². The van der Waals surface area contributed by atoms with E-state index in [1.54, 1.807) is 23.9 Å². The molecule has 136 valence electrons. The number of halogens is 1. The van der Waals surface area contributed by atoms with Crippen LogP contribution < -0.4 is 5.32 Å². The van der Waals surface area contributed by atoms with Gasteiger partial charge in [0.15, 0.2) is 15.0 Å². The maximum Gasteiger partial charge on any atom is 0.226 e. The number of sulfone groups is 1. The van der Waals surface area contributed by atoms with Gasteiger partial charge in [0.25, 0.3) is 0 Å². The summed E-state index contributed by atoms with van der Waals surface area (Å²) >= 11 is 6.35. The molecule has 1 heterocycles. The lowest BCUT2D eigenvalue weighted by atomic mass is 10.3. The van der Waals surface area contributed by atoms with Gasteiger partial charge in [-0.3, -0.25) is 4.79 Å². The minimum atomic E-state index is -3.27. The molecule has 0 aliphatic carbocycles. The van der Waals surface area contributed by atoms with Crippen molar-refractivity contribution >= 4 is 70.1 Å². The summed E-state index contributed by atoms with van der Waals surface area (Å²) in [7, 11) is -3.27. The number of aromatic nitrogens is 1. The van der Waals surface area contributed by atoms with E-state index >= 15 is 0 Å². The fraction of sp³-hybridized carbons (Fsp3) is 0.176. The van der Waals surface area contributed by atoms with Crippen LogP contribution in [0.15, 0.2) is 56.7 Å². The van der Waals surface area contributed by atoms with Crippen LogP contribution in [0.1, 0.15) is 6.42 Å². The number of amides is 1. The summed E-state index contributed by atoms with van der Waals surface area (Å²) in [6.07, 6.45) is 1.52. The maximum absolute atomic E-state index is 12.1. The third-order valence-corrected chi connectivity index (χ3v) is 7.53. The predicted molar refractivity (Wildman–Crippen MR) is 111 cm³/mol. The van der Waals surface area contributed by atoms with E-state index in [1.807, 2.05) is 24.3 Å². The van der Waals surface area contributed by atoms with Crippen LogP contribution in [-0.2, 0) is 14.6 Å². The fourth-order valence-corrected chi connectivity index (χ4v) is 5.35. The van der Waals surface area contributed by atoms with Gasteiger partial charge in [0, 0.05) is 27.8 Å². The predicted octanol–water partition coefficient (Wildman–Crippen LogP) is 4.58. The standard InChI is InChI=1S/C17H15BrN2O3S3/c1-26(22,23)11-6-7-13-15(10-11)25-17(19-13)20-16(21)8-9-24-14-5-3-2-4-12(14)18/h2-7,10H,8-9H2,1H3,(H,19,20,21). The first kappa shape index (κ1) is 19.3. The third-order valence-electron chi connectivity index (χ3n) is 3.46. The van der Waals surface area contributed by atoms with E-state index in [0.29, 0.717) is 22.8 Å². The van der Waals surface area contributed by atoms with E-state index < -0.39 is 9.84 Å². The number of nitrogens with one attached hydrogen (secondary N) is 1. The second kappa shape index (κ2) is 8.08. The Morgan fingerprint density at radius 3 is 2.77 bits per heavy atom. The molecule has 0 radical (unpaired) electrons. The number of hydrogen-bond donors (Lipinski definition) is 1. The molecule has 0 unspecified atom stereocenters. The molecule has 3 aromatic rings. The molecular formula is C17H15BrN2O3S3. The van der Waals surface area contributed by atoms with Gasteiger partial charge in [-0.2, -0.15) is 0 Å². The highest BCUT2D eigenvalue weighted by atomic mass is 79.9. The van der Waals surface area contributed by atoms with Gasteiger partial charge in [0.05, 0.1) is 15.1 Å². The van der Waals surface area contributed by atoms with Gasteiger partial charge >= 0.3 is 0 Å². The molecule has 1 aromatic heterocycles. The number of benzene rings is 2. The second-order valence-electron chi connectivity index (χ2n) is 5.50. The van der Waals surface area contributed by atoms with Gasteiger partial charge in [-0.05, 0) is 46.3 Å². The van der Waals surface area contributed by atoms with Crippen molar-refractivity contribution in [3.8, 4) is 0 Å². The molecule has 1 N–H and O–H groups in total. The molecule has 0 saturated heterocycles. The molecule has 0 saturated carbocycles. The molecule has 0 aliphatic heterocycles. The monoisotopic (exact) mass is 470 g/mol. The van der Waals surface area contributed by atoms with Crippen molar-refractivity contribution in [1.82, 2.24) is 4.98 Å². The van der Waals surface area contributed by atoms with Crippen molar-refractivity contribution in [3.63, 3.8) is 0 Å². The number of carbonyl (C=O) groups excluding carboxylic acids is 1. The first-order valence-electron chi connectivity index (χ1n) is 7.61. The van der Waals surface area contributed by atoms with Crippen LogP contribution in [0.4, 0.5) is 5.13 Å². The summed E-state index contributed by atoms with van der Waals surface area (Å²) in [5.41, 5.74) is 0.667. The van der Waals surface area contributed by atoms with Crippen LogP contribution in [0.25, 0.3) is 10.2 Å². The van der Waals surface area contributed by atoms with E-state index in [9.17, 15) is 13.2 Å². The number of anilines is 1. The van der Waals surface area contributed by atoms with Crippen LogP contribution >= 0.6 is 39.0 Å². The van der Waals surface area contributed by atoms with E-state index in [0.717, 1.165) is 14.1 Å². The van der Waals surface area contributed by atoms with E-state index in [-0.39, 0.29) is 10.8 Å². The normalized spacial score (nSPS) is 11.6. The molecule has 26 heavy (non-hydrogen) atoms. The van der Waals surface area contributed by atoms with Crippen LogP contribution in [-0.4, -0.2) is 31.3 Å². The van der Waals surface area contributed by atoms with Gasteiger partial charge in [0.2, 0.25) is 5.91 Å². The third kappa shape index (κ3) is 4.85. The zero-order valence-electron chi connectivity index (χ0n) is 13.7. The molecule has 3 rings (SSSR count). The van der Waals surface area contributed by atoms with Crippen molar-refractivity contribution in [2.24, 2.45) is 0 Å². The lowest BCUT2D eigenvalue weighted by molar-refractivity contribution is -0.115. The molecule has 2 aromatic carbocycles. The topological polar surface area (TPSA) is 76.1 Å². The Morgan fingerprint density at radius 2 is 2.04 bits per heavy atom. The quantitative estimate of drug-likeness (QED) is 0.533. The Balaban J connectivity index is 1.61. The van der Waals surface area contributed by atoms with Crippen LogP contribution in [0.5, 0.6) is 0 Å². The highest BCUT2D eigenvalue weighted by molar-refractivity contribution is 9.10. The molecule has 1 amide bonds. The molecule has 0 aliphatic rings. The highest BCUT2D eigenvalue weighted by Gasteiger charge is 2.12. The molecule has 9 heteroatoms. The average Bonchev–Trinajstić information content (AvgIpc) is 2.97. The number of fused-ring (bicyclic) bond motifs is 1. The summed E-state index contributed by atoms with van der Waals surface area (Å²) in [6.45, 7) is 0. The van der Waals surface area contributed by atoms with E-state index in [2.05, 4.69) is 26.2 Å². The zero-order valence-corrected chi connectivity index (χ0v) is 17.8. The summed E-state index contributed by atoms with van der Waals surface area (Å²) < 4.78 is 25.0. The van der Waals surface area contributed by atoms with Gasteiger partial charge in [-0.25, -0.2) is 13.4 Å². The van der Waals surface area contributed by atoms with Crippen molar-refractivity contribution < 1.29 is 13.2 Å². The summed E-state index contributed by atoms with van der Waals surface area (Å²) in [4.78, 5) is 17.8. The number of thioether (sulfide) groups is 1. The lowest BCUT2D eigenvalue weighted by Crippen LogP contribution is -2.11. The van der Waals surface area contributed by atoms with Gasteiger partial charge in [-0.1, -0.05) is 23.5 Å². The van der Waals surface area contributed by atoms with Crippen LogP contribution in [0, 0.1) is 0 Å². The van der Waals surface area contributed by atoms with Crippen molar-refractivity contribution in [2.75, 3.05) is 17.3 Å². The lowest BCUT2D eigenvalue weighted by Gasteiger charge is -2.04. The van der Waals surface area contributed by atoms with Gasteiger partial charge in [0.1, 0.15) is 0 Å². The number of hydrogen-bond acceptors (Lipinski definition) is 6. The average molecular weight is 471 g/mol. The molecule has 0 bridgehead atoms. The molecular weight excluding hydrogens is 456 g/mol. The first-order chi connectivity index (χ1) is 12.3. The van der Waals surface area contributed by atoms with Crippen molar-refractivity contribution in [3.05, 3.63) is 46.9 Å². The molecule has 0 fully saturated rings.